The first-order valence-electron chi connectivity index (χ1n) is 13.6. The molecule has 0 amide bonds. The van der Waals surface area contributed by atoms with Crippen LogP contribution < -0.4 is 21.9 Å². The number of aromatic nitrogens is 2. The zero-order chi connectivity index (χ0) is 30.0. The molecule has 0 spiro atoms. The summed E-state index contributed by atoms with van der Waals surface area (Å²) in [7, 11) is 0. The summed E-state index contributed by atoms with van der Waals surface area (Å²) in [6.07, 6.45) is 0. The van der Waals surface area contributed by atoms with E-state index >= 15 is 0 Å². The molecule has 1 aliphatic rings. The lowest BCUT2D eigenvalue weighted by atomic mass is 10.1. The minimum Gasteiger partial charge on any atom is -0.363 e. The highest BCUT2D eigenvalue weighted by molar-refractivity contribution is 5.50. The van der Waals surface area contributed by atoms with Gasteiger partial charge < -0.3 is 10.6 Å². The maximum atomic E-state index is 14.6. The third-order valence-corrected chi connectivity index (χ3v) is 7.73. The van der Waals surface area contributed by atoms with Crippen molar-refractivity contribution in [2.45, 2.75) is 32.6 Å². The number of piperazine rings is 1. The van der Waals surface area contributed by atoms with Crippen LogP contribution in [0.1, 0.15) is 28.4 Å². The number of anilines is 1. The van der Waals surface area contributed by atoms with Gasteiger partial charge in [0, 0.05) is 55.6 Å². The molecule has 0 bridgehead atoms. The Bertz CT molecular complexity index is 1680. The van der Waals surface area contributed by atoms with E-state index in [1.54, 1.807) is 31.2 Å². The Morgan fingerprint density at radius 3 is 2.12 bits per heavy atom. The topological polar surface area (TPSA) is 76.5 Å². The number of nitrogens with two attached hydrogens (primary N) is 1. The number of halogens is 4. The molecular formula is C31H31F4N5O2. The summed E-state index contributed by atoms with van der Waals surface area (Å²) < 4.78 is 59.4. The Kier molecular flexibility index (Phi) is 8.60. The van der Waals surface area contributed by atoms with E-state index in [1.807, 2.05) is 15.9 Å². The monoisotopic (exact) mass is 581 g/mol. The van der Waals surface area contributed by atoms with Crippen LogP contribution in [0.15, 0.2) is 76.3 Å². The average molecular weight is 582 g/mol. The quantitative estimate of drug-likeness (QED) is 0.319. The van der Waals surface area contributed by atoms with Gasteiger partial charge in [0.05, 0.1) is 13.1 Å². The number of hydrogen-bond donors (Lipinski definition) is 1. The fourth-order valence-corrected chi connectivity index (χ4v) is 5.38. The van der Waals surface area contributed by atoms with E-state index < -0.39 is 47.1 Å². The highest BCUT2D eigenvalue weighted by Crippen LogP contribution is 2.21. The zero-order valence-corrected chi connectivity index (χ0v) is 23.1. The summed E-state index contributed by atoms with van der Waals surface area (Å²) in [6, 6.07) is 15.1. The number of nitrogens with zero attached hydrogens (tertiary/aromatic N) is 4. The van der Waals surface area contributed by atoms with Crippen molar-refractivity contribution in [3.8, 4) is 0 Å². The Hall–Kier alpha value is -4.22. The molecule has 7 nitrogen and oxygen atoms in total. The van der Waals surface area contributed by atoms with Gasteiger partial charge in [0.15, 0.2) is 0 Å². The molecule has 5 rings (SSSR count). The second kappa shape index (κ2) is 12.3. The largest absolute Gasteiger partial charge is 0.363 e. The summed E-state index contributed by atoms with van der Waals surface area (Å²) >= 11 is 0. The molecule has 3 aromatic carbocycles. The van der Waals surface area contributed by atoms with Crippen molar-refractivity contribution >= 4 is 5.69 Å². The molecule has 0 saturated carbocycles. The third kappa shape index (κ3) is 6.02. The van der Waals surface area contributed by atoms with Crippen molar-refractivity contribution in [3.05, 3.63) is 133 Å². The first kappa shape index (κ1) is 29.3. The van der Waals surface area contributed by atoms with Crippen molar-refractivity contribution in [1.82, 2.24) is 14.0 Å². The molecule has 220 valence electrons. The Morgan fingerprint density at radius 1 is 0.786 bits per heavy atom. The van der Waals surface area contributed by atoms with Crippen LogP contribution in [0, 0.1) is 30.2 Å². The molecule has 0 unspecified atom stereocenters. The van der Waals surface area contributed by atoms with Crippen molar-refractivity contribution < 1.29 is 17.6 Å². The van der Waals surface area contributed by atoms with E-state index in [9.17, 15) is 27.2 Å². The van der Waals surface area contributed by atoms with Gasteiger partial charge >= 0.3 is 5.69 Å². The van der Waals surface area contributed by atoms with Crippen molar-refractivity contribution in [2.75, 3.05) is 31.1 Å². The van der Waals surface area contributed by atoms with Gasteiger partial charge in [0.1, 0.15) is 29.0 Å². The van der Waals surface area contributed by atoms with Crippen LogP contribution in [0.5, 0.6) is 0 Å². The molecule has 1 saturated heterocycles. The van der Waals surface area contributed by atoms with Crippen molar-refractivity contribution in [1.29, 1.82) is 0 Å². The fourth-order valence-electron chi connectivity index (χ4n) is 5.38. The van der Waals surface area contributed by atoms with Gasteiger partial charge in [-0.1, -0.05) is 36.4 Å². The Labute approximate surface area is 240 Å². The second-order valence-electron chi connectivity index (χ2n) is 10.4. The van der Waals surface area contributed by atoms with Gasteiger partial charge in [0.2, 0.25) is 0 Å². The van der Waals surface area contributed by atoms with Crippen LogP contribution in [0.2, 0.25) is 0 Å². The molecule has 4 aromatic rings. The van der Waals surface area contributed by atoms with Gasteiger partial charge in [-0.3, -0.25) is 18.8 Å². The van der Waals surface area contributed by atoms with E-state index in [4.69, 9.17) is 5.73 Å². The predicted octanol–water partition coefficient (Wildman–Crippen LogP) is 3.95. The van der Waals surface area contributed by atoms with Crippen LogP contribution in [-0.2, 0) is 19.6 Å². The average Bonchev–Trinajstić information content (AvgIpc) is 2.98. The molecular weight excluding hydrogens is 550 g/mol. The van der Waals surface area contributed by atoms with Gasteiger partial charge in [-0.05, 0) is 42.8 Å². The molecule has 2 N–H and O–H groups in total. The molecule has 1 aromatic heterocycles. The van der Waals surface area contributed by atoms with Gasteiger partial charge in [-0.15, -0.1) is 0 Å². The SMILES string of the molecule is Cc1c(N2CCN(Cc3cc(F)ccc3F)CC2)c(=O)n(C[C@@H](N)c2ccccc2)c(=O)n1Cc1c(F)cccc1F. The van der Waals surface area contributed by atoms with Crippen molar-refractivity contribution in [2.24, 2.45) is 5.73 Å². The molecule has 11 heteroatoms. The molecule has 42 heavy (non-hydrogen) atoms. The first-order chi connectivity index (χ1) is 20.1. The lowest BCUT2D eigenvalue weighted by molar-refractivity contribution is 0.245. The van der Waals surface area contributed by atoms with Gasteiger partial charge in [0.25, 0.3) is 5.56 Å². The highest BCUT2D eigenvalue weighted by Gasteiger charge is 2.27. The van der Waals surface area contributed by atoms with E-state index in [0.29, 0.717) is 26.2 Å². The molecule has 1 aliphatic heterocycles. The maximum absolute atomic E-state index is 14.6. The summed E-state index contributed by atoms with van der Waals surface area (Å²) in [5.74, 6) is -2.64. The van der Waals surface area contributed by atoms with Crippen LogP contribution >= 0.6 is 0 Å². The van der Waals surface area contributed by atoms with E-state index in [-0.39, 0.29) is 35.6 Å². The van der Waals surface area contributed by atoms with Crippen LogP contribution in [0.4, 0.5) is 23.2 Å². The second-order valence-corrected chi connectivity index (χ2v) is 10.4. The molecule has 1 atom stereocenters. The lowest BCUT2D eigenvalue weighted by Crippen LogP contribution is -2.51. The van der Waals surface area contributed by atoms with Gasteiger partial charge in [-0.25, -0.2) is 22.4 Å². The van der Waals surface area contributed by atoms with Gasteiger partial charge in [-0.2, -0.15) is 0 Å². The number of benzene rings is 3. The Balaban J connectivity index is 1.50. The van der Waals surface area contributed by atoms with Crippen LogP contribution in [-0.4, -0.2) is 40.2 Å². The maximum Gasteiger partial charge on any atom is 0.331 e. The molecule has 0 radical (unpaired) electrons. The van der Waals surface area contributed by atoms with Crippen LogP contribution in [0.3, 0.4) is 0 Å². The zero-order valence-electron chi connectivity index (χ0n) is 23.1. The minimum absolute atomic E-state index is 0.145. The predicted molar refractivity (Wildman–Crippen MR) is 152 cm³/mol. The van der Waals surface area contributed by atoms with E-state index in [0.717, 1.165) is 40.5 Å². The van der Waals surface area contributed by atoms with E-state index in [1.165, 1.54) is 10.6 Å². The summed E-state index contributed by atoms with van der Waals surface area (Å²) in [4.78, 5) is 31.3. The highest BCUT2D eigenvalue weighted by atomic mass is 19.1. The normalized spacial score (nSPS) is 14.8. The van der Waals surface area contributed by atoms with E-state index in [2.05, 4.69) is 0 Å². The lowest BCUT2D eigenvalue weighted by Gasteiger charge is -2.37. The fraction of sp³-hybridized carbons (Fsp3) is 0.290. The molecule has 0 aliphatic carbocycles. The Morgan fingerprint density at radius 2 is 1.45 bits per heavy atom. The molecule has 1 fully saturated rings. The minimum atomic E-state index is -0.806. The first-order valence-corrected chi connectivity index (χ1v) is 13.6. The van der Waals surface area contributed by atoms with Crippen LogP contribution in [0.25, 0.3) is 0 Å². The number of hydrogen-bond acceptors (Lipinski definition) is 5. The van der Waals surface area contributed by atoms with Crippen molar-refractivity contribution in [3.63, 3.8) is 0 Å². The third-order valence-electron chi connectivity index (χ3n) is 7.73. The number of rotatable bonds is 8. The summed E-state index contributed by atoms with van der Waals surface area (Å²) in [5, 5.41) is 0. The summed E-state index contributed by atoms with van der Waals surface area (Å²) in [6.45, 7) is 2.77. The smallest absolute Gasteiger partial charge is 0.331 e. The summed E-state index contributed by atoms with van der Waals surface area (Å²) in [5.41, 5.74) is 6.25. The molecule has 2 heterocycles. The standard InChI is InChI=1S/C31H31F4N5O2/c1-20-29(38-14-12-37(13-15-38)17-22-16-23(32)10-11-25(22)33)30(41)40(19-28(36)21-6-3-2-4-7-21)31(42)39(20)18-24-26(34)8-5-9-27(24)35/h2-11,16,28H,12-15,17-19,36H2,1H3/t28-/m1/s1.